The first-order valence-electron chi connectivity index (χ1n) is 8.21. The molecule has 0 aromatic carbocycles. The van der Waals surface area contributed by atoms with Crippen LogP contribution in [0.4, 0.5) is 16.6 Å². The van der Waals surface area contributed by atoms with E-state index < -0.39 is 0 Å². The van der Waals surface area contributed by atoms with Gasteiger partial charge in [-0.25, -0.2) is 15.0 Å². The zero-order valence-electron chi connectivity index (χ0n) is 15.2. The van der Waals surface area contributed by atoms with Crippen molar-refractivity contribution in [3.05, 3.63) is 30.7 Å². The minimum atomic E-state index is 0.434. The molecule has 0 bridgehead atoms. The predicted molar refractivity (Wildman–Crippen MR) is 103 cm³/mol. The molecule has 136 valence electrons. The molecule has 0 unspecified atom stereocenters. The molecule has 0 aliphatic rings. The Kier molecular flexibility index (Phi) is 5.57. The van der Waals surface area contributed by atoms with E-state index in [4.69, 9.17) is 4.74 Å². The quantitative estimate of drug-likeness (QED) is 0.677. The largest absolute Gasteiger partial charge is 0.476 e. The van der Waals surface area contributed by atoms with Gasteiger partial charge >= 0.3 is 0 Å². The lowest BCUT2D eigenvalue weighted by Crippen LogP contribution is -2.11. The summed E-state index contributed by atoms with van der Waals surface area (Å²) in [5.74, 6) is 2.18. The summed E-state index contributed by atoms with van der Waals surface area (Å²) in [4.78, 5) is 19.4. The van der Waals surface area contributed by atoms with Crippen molar-refractivity contribution in [2.75, 3.05) is 30.9 Å². The molecule has 3 aromatic heterocycles. The van der Waals surface area contributed by atoms with Crippen molar-refractivity contribution >= 4 is 28.2 Å². The molecule has 0 saturated heterocycles. The molecule has 0 aliphatic carbocycles. The molecule has 0 saturated carbocycles. The minimum absolute atomic E-state index is 0.434. The first kappa shape index (κ1) is 18.0. The van der Waals surface area contributed by atoms with Gasteiger partial charge in [0, 0.05) is 31.8 Å². The molecule has 0 fully saturated rings. The van der Waals surface area contributed by atoms with E-state index in [9.17, 15) is 0 Å². The Morgan fingerprint density at radius 2 is 2.04 bits per heavy atom. The van der Waals surface area contributed by atoms with Crippen LogP contribution >= 0.6 is 11.5 Å². The van der Waals surface area contributed by atoms with Crippen LogP contribution in [-0.4, -0.2) is 45.0 Å². The van der Waals surface area contributed by atoms with Crippen LogP contribution in [0, 0.1) is 5.92 Å². The molecule has 3 heterocycles. The molecule has 0 radical (unpaired) electrons. The summed E-state index contributed by atoms with van der Waals surface area (Å²) in [7, 11) is 3.93. The van der Waals surface area contributed by atoms with Gasteiger partial charge < -0.3 is 15.0 Å². The van der Waals surface area contributed by atoms with E-state index in [1.54, 1.807) is 18.6 Å². The van der Waals surface area contributed by atoms with Crippen molar-refractivity contribution in [1.29, 1.82) is 0 Å². The van der Waals surface area contributed by atoms with Gasteiger partial charge in [-0.15, -0.1) is 0 Å². The maximum atomic E-state index is 5.54. The highest BCUT2D eigenvalue weighted by molar-refractivity contribution is 7.09. The molecular formula is C17H21N7OS. The highest BCUT2D eigenvalue weighted by atomic mass is 32.1. The lowest BCUT2D eigenvalue weighted by Gasteiger charge is -2.15. The van der Waals surface area contributed by atoms with Gasteiger partial charge in [0.2, 0.25) is 11.0 Å². The zero-order chi connectivity index (χ0) is 18.5. The number of nitrogens with one attached hydrogen (secondary N) is 1. The van der Waals surface area contributed by atoms with Gasteiger partial charge in [0.25, 0.3) is 0 Å². The van der Waals surface area contributed by atoms with Crippen molar-refractivity contribution < 1.29 is 4.74 Å². The average molecular weight is 371 g/mol. The third-order valence-corrected chi connectivity index (χ3v) is 3.97. The van der Waals surface area contributed by atoms with E-state index in [2.05, 4.69) is 43.5 Å². The molecule has 9 heteroatoms. The van der Waals surface area contributed by atoms with Crippen LogP contribution in [-0.2, 0) is 0 Å². The van der Waals surface area contributed by atoms with Crippen LogP contribution in [0.25, 0.3) is 11.5 Å². The van der Waals surface area contributed by atoms with Crippen molar-refractivity contribution in [1.82, 2.24) is 24.3 Å². The molecule has 3 rings (SSSR count). The van der Waals surface area contributed by atoms with Crippen LogP contribution in [0.1, 0.15) is 13.8 Å². The zero-order valence-corrected chi connectivity index (χ0v) is 16.0. The number of anilines is 3. The van der Waals surface area contributed by atoms with Crippen molar-refractivity contribution in [2.24, 2.45) is 5.92 Å². The van der Waals surface area contributed by atoms with Gasteiger partial charge in [0.15, 0.2) is 11.6 Å². The molecule has 1 N–H and O–H groups in total. The van der Waals surface area contributed by atoms with E-state index in [1.165, 1.54) is 11.5 Å². The van der Waals surface area contributed by atoms with Crippen molar-refractivity contribution in [2.45, 2.75) is 13.8 Å². The third-order valence-electron chi connectivity index (χ3n) is 3.34. The monoisotopic (exact) mass is 371 g/mol. The van der Waals surface area contributed by atoms with Crippen LogP contribution in [0.2, 0.25) is 0 Å². The second-order valence-corrected chi connectivity index (χ2v) is 7.01. The fraction of sp³-hybridized carbons (Fsp3) is 0.353. The summed E-state index contributed by atoms with van der Waals surface area (Å²) in [6.07, 6.45) is 4.95. The molecule has 0 aliphatic heterocycles. The minimum Gasteiger partial charge on any atom is -0.476 e. The molecule has 0 spiro atoms. The highest BCUT2D eigenvalue weighted by Gasteiger charge is 2.12. The lowest BCUT2D eigenvalue weighted by molar-refractivity contribution is 0.260. The lowest BCUT2D eigenvalue weighted by atomic mass is 10.2. The Labute approximate surface area is 156 Å². The second kappa shape index (κ2) is 8.05. The molecule has 26 heavy (non-hydrogen) atoms. The fourth-order valence-corrected chi connectivity index (χ4v) is 2.67. The number of hydrogen-bond donors (Lipinski definition) is 1. The molecule has 8 nitrogen and oxygen atoms in total. The van der Waals surface area contributed by atoms with Gasteiger partial charge in [0.05, 0.1) is 24.7 Å². The summed E-state index contributed by atoms with van der Waals surface area (Å²) in [5.41, 5.74) is 1.57. The van der Waals surface area contributed by atoms with Crippen LogP contribution < -0.4 is 15.0 Å². The van der Waals surface area contributed by atoms with Crippen LogP contribution in [0.15, 0.2) is 30.7 Å². The van der Waals surface area contributed by atoms with E-state index >= 15 is 0 Å². The number of hydrogen-bond acceptors (Lipinski definition) is 9. The smallest absolute Gasteiger partial charge is 0.232 e. The van der Waals surface area contributed by atoms with Gasteiger partial charge in [0.1, 0.15) is 5.69 Å². The van der Waals surface area contributed by atoms with E-state index in [0.29, 0.717) is 35.1 Å². The van der Waals surface area contributed by atoms with E-state index in [-0.39, 0.29) is 0 Å². The van der Waals surface area contributed by atoms with Crippen LogP contribution in [0.3, 0.4) is 0 Å². The Balaban J connectivity index is 1.72. The fourth-order valence-electron chi connectivity index (χ4n) is 2.09. The Morgan fingerprint density at radius 1 is 1.19 bits per heavy atom. The Morgan fingerprint density at radius 3 is 2.73 bits per heavy atom. The average Bonchev–Trinajstić information content (AvgIpc) is 3.09. The van der Waals surface area contributed by atoms with Crippen LogP contribution in [0.5, 0.6) is 5.88 Å². The van der Waals surface area contributed by atoms with Gasteiger partial charge in [-0.1, -0.05) is 13.8 Å². The SMILES string of the molecule is CC(C)COc1cnc(-c2nsc(Nc3ncccc3N(C)C)n2)cn1. The Bertz CT molecular complexity index is 848. The maximum Gasteiger partial charge on any atom is 0.232 e. The van der Waals surface area contributed by atoms with Crippen molar-refractivity contribution in [3.8, 4) is 17.4 Å². The van der Waals surface area contributed by atoms with Gasteiger partial charge in [-0.3, -0.25) is 0 Å². The molecule has 0 amide bonds. The Hall–Kier alpha value is -2.81. The summed E-state index contributed by atoms with van der Waals surface area (Å²) in [5, 5.41) is 3.85. The first-order chi connectivity index (χ1) is 12.5. The van der Waals surface area contributed by atoms with Gasteiger partial charge in [-0.05, 0) is 18.1 Å². The normalized spacial score (nSPS) is 10.8. The summed E-state index contributed by atoms with van der Waals surface area (Å²) in [6.45, 7) is 4.77. The van der Waals surface area contributed by atoms with E-state index in [0.717, 1.165) is 11.5 Å². The molecule has 3 aromatic rings. The number of pyridine rings is 1. The van der Waals surface area contributed by atoms with Gasteiger partial charge in [-0.2, -0.15) is 9.36 Å². The molecular weight excluding hydrogens is 350 g/mol. The number of rotatable bonds is 7. The van der Waals surface area contributed by atoms with Crippen molar-refractivity contribution in [3.63, 3.8) is 0 Å². The number of ether oxygens (including phenoxy) is 1. The molecule has 0 atom stereocenters. The summed E-state index contributed by atoms with van der Waals surface area (Å²) >= 11 is 1.25. The standard InChI is InChI=1S/C17H21N7OS/c1-11(2)10-25-14-9-19-12(8-20-14)15-21-17(26-23-15)22-16-13(24(3)4)6-5-7-18-16/h5-9,11H,10H2,1-4H3,(H,18,21,22,23). The number of nitrogens with zero attached hydrogens (tertiary/aromatic N) is 6. The predicted octanol–water partition coefficient (Wildman–Crippen LogP) is 3.23. The topological polar surface area (TPSA) is 89.0 Å². The summed E-state index contributed by atoms with van der Waals surface area (Å²) < 4.78 is 9.89. The highest BCUT2D eigenvalue weighted by Crippen LogP contribution is 2.27. The third kappa shape index (κ3) is 4.42. The maximum absolute atomic E-state index is 5.54. The summed E-state index contributed by atoms with van der Waals surface area (Å²) in [6, 6.07) is 3.88. The van der Waals surface area contributed by atoms with E-state index in [1.807, 2.05) is 31.1 Å². The second-order valence-electron chi connectivity index (χ2n) is 6.26. The first-order valence-corrected chi connectivity index (χ1v) is 8.98. The number of aromatic nitrogens is 5.